The molecule has 3 rings (SSSR count). The van der Waals surface area contributed by atoms with Crippen LogP contribution in [-0.4, -0.2) is 16.9 Å². The van der Waals surface area contributed by atoms with Crippen molar-refractivity contribution < 1.29 is 4.79 Å². The van der Waals surface area contributed by atoms with Crippen molar-refractivity contribution in [3.8, 4) is 0 Å². The highest BCUT2D eigenvalue weighted by molar-refractivity contribution is 7.98. The highest BCUT2D eigenvalue weighted by Gasteiger charge is 2.27. The first-order chi connectivity index (χ1) is 11.2. The topological polar surface area (TPSA) is 68.0 Å². The zero-order valence-electron chi connectivity index (χ0n) is 12.9. The van der Waals surface area contributed by atoms with Crippen LogP contribution in [0.5, 0.6) is 0 Å². The summed E-state index contributed by atoms with van der Waals surface area (Å²) in [5.41, 5.74) is 7.92. The number of amides is 1. The molecular weight excluding hydrogens is 306 g/mol. The summed E-state index contributed by atoms with van der Waals surface area (Å²) < 4.78 is 0. The summed E-state index contributed by atoms with van der Waals surface area (Å²) in [5, 5.41) is 2.99. The third-order valence-electron chi connectivity index (χ3n) is 4.09. The lowest BCUT2D eigenvalue weighted by Gasteiger charge is -2.11. The molecule has 0 spiro atoms. The lowest BCUT2D eigenvalue weighted by atomic mass is 10.1. The molecule has 0 radical (unpaired) electrons. The van der Waals surface area contributed by atoms with E-state index < -0.39 is 0 Å². The van der Waals surface area contributed by atoms with Crippen LogP contribution in [0.4, 0.5) is 5.69 Å². The molecule has 1 aromatic heterocycles. The van der Waals surface area contributed by atoms with Crippen molar-refractivity contribution >= 4 is 23.4 Å². The Morgan fingerprint density at radius 1 is 1.26 bits per heavy atom. The van der Waals surface area contributed by atoms with Crippen LogP contribution in [0.2, 0.25) is 0 Å². The number of nitrogens with zero attached hydrogens (tertiary/aromatic N) is 1. The van der Waals surface area contributed by atoms with Gasteiger partial charge in [0.25, 0.3) is 0 Å². The van der Waals surface area contributed by atoms with Crippen molar-refractivity contribution in [1.29, 1.82) is 0 Å². The van der Waals surface area contributed by atoms with E-state index in [1.807, 2.05) is 36.5 Å². The first-order valence-electron chi connectivity index (χ1n) is 7.89. The predicted octanol–water partition coefficient (Wildman–Crippen LogP) is 3.44. The predicted molar refractivity (Wildman–Crippen MR) is 94.2 cm³/mol. The summed E-state index contributed by atoms with van der Waals surface area (Å²) in [6, 6.07) is 12.2. The number of hydrogen-bond donors (Lipinski definition) is 2. The van der Waals surface area contributed by atoms with E-state index in [0.717, 1.165) is 30.7 Å². The maximum Gasteiger partial charge on any atom is 0.227 e. The van der Waals surface area contributed by atoms with Gasteiger partial charge in [-0.1, -0.05) is 6.07 Å². The monoisotopic (exact) mass is 327 g/mol. The standard InChI is InChI=1S/C18H21N3OS/c19-15-4-3-14(10-15)18(22)21-16-5-7-17(8-6-16)23-12-13-2-1-9-20-11-13/h1-2,5-9,11,14-15H,3-4,10,12,19H2,(H,21,22). The van der Waals surface area contributed by atoms with Gasteiger partial charge in [0, 0.05) is 40.7 Å². The van der Waals surface area contributed by atoms with Crippen LogP contribution < -0.4 is 11.1 Å². The zero-order valence-corrected chi connectivity index (χ0v) is 13.8. The highest BCUT2D eigenvalue weighted by Crippen LogP contribution is 2.27. The Balaban J connectivity index is 1.51. The fourth-order valence-electron chi connectivity index (χ4n) is 2.78. The second-order valence-electron chi connectivity index (χ2n) is 5.93. The number of benzene rings is 1. The Kier molecular flexibility index (Phi) is 5.31. The normalized spacial score (nSPS) is 20.4. The van der Waals surface area contributed by atoms with Crippen LogP contribution in [0.3, 0.4) is 0 Å². The van der Waals surface area contributed by atoms with Crippen LogP contribution in [0.15, 0.2) is 53.7 Å². The molecule has 0 bridgehead atoms. The average Bonchev–Trinajstić information content (AvgIpc) is 3.02. The van der Waals surface area contributed by atoms with Crippen molar-refractivity contribution in [3.63, 3.8) is 0 Å². The Hall–Kier alpha value is -1.85. The van der Waals surface area contributed by atoms with Gasteiger partial charge >= 0.3 is 0 Å². The molecule has 2 atom stereocenters. The molecular formula is C18H21N3OS. The number of hydrogen-bond acceptors (Lipinski definition) is 4. The van der Waals surface area contributed by atoms with Crippen molar-refractivity contribution in [1.82, 2.24) is 4.98 Å². The van der Waals surface area contributed by atoms with Crippen LogP contribution in [0.1, 0.15) is 24.8 Å². The molecule has 0 aliphatic heterocycles. The Morgan fingerprint density at radius 2 is 2.09 bits per heavy atom. The molecule has 3 N–H and O–H groups in total. The summed E-state index contributed by atoms with van der Waals surface area (Å²) in [4.78, 5) is 17.5. The Labute approximate surface area is 140 Å². The molecule has 0 saturated heterocycles. The van der Waals surface area contributed by atoms with Crippen molar-refractivity contribution in [2.45, 2.75) is 36.0 Å². The molecule has 4 nitrogen and oxygen atoms in total. The van der Waals surface area contributed by atoms with Crippen LogP contribution in [0.25, 0.3) is 0 Å². The Bertz CT molecular complexity index is 645. The molecule has 1 aliphatic rings. The van der Waals surface area contributed by atoms with Gasteiger partial charge in [-0.15, -0.1) is 11.8 Å². The van der Waals surface area contributed by atoms with Gasteiger partial charge in [0.1, 0.15) is 0 Å². The first-order valence-corrected chi connectivity index (χ1v) is 8.87. The number of carbonyl (C=O) groups excluding carboxylic acids is 1. The Morgan fingerprint density at radius 3 is 2.74 bits per heavy atom. The summed E-state index contributed by atoms with van der Waals surface area (Å²) in [5.74, 6) is 1.04. The van der Waals surface area contributed by atoms with E-state index in [1.165, 1.54) is 10.5 Å². The van der Waals surface area contributed by atoms with Gasteiger partial charge in [0.2, 0.25) is 5.91 Å². The molecule has 120 valence electrons. The molecule has 5 heteroatoms. The molecule has 2 aromatic rings. The number of thioether (sulfide) groups is 1. The third kappa shape index (κ3) is 4.56. The summed E-state index contributed by atoms with van der Waals surface area (Å²) in [6.45, 7) is 0. The number of pyridine rings is 1. The lowest BCUT2D eigenvalue weighted by Crippen LogP contribution is -2.23. The van der Waals surface area contributed by atoms with Crippen LogP contribution >= 0.6 is 11.8 Å². The van der Waals surface area contributed by atoms with Gasteiger partial charge in [-0.05, 0) is 55.2 Å². The summed E-state index contributed by atoms with van der Waals surface area (Å²) in [7, 11) is 0. The molecule has 2 unspecified atom stereocenters. The molecule has 1 saturated carbocycles. The highest BCUT2D eigenvalue weighted by atomic mass is 32.2. The second-order valence-corrected chi connectivity index (χ2v) is 6.98. The minimum Gasteiger partial charge on any atom is -0.328 e. The van der Waals surface area contributed by atoms with E-state index in [9.17, 15) is 4.79 Å². The van der Waals surface area contributed by atoms with Gasteiger partial charge in [-0.25, -0.2) is 0 Å². The van der Waals surface area contributed by atoms with E-state index in [0.29, 0.717) is 0 Å². The third-order valence-corrected chi connectivity index (χ3v) is 5.18. The number of aromatic nitrogens is 1. The number of nitrogens with two attached hydrogens (primary N) is 1. The molecule has 1 aromatic carbocycles. The van der Waals surface area contributed by atoms with Gasteiger partial charge in [0.15, 0.2) is 0 Å². The summed E-state index contributed by atoms with van der Waals surface area (Å²) in [6.07, 6.45) is 6.30. The second kappa shape index (κ2) is 7.62. The number of anilines is 1. The SMILES string of the molecule is NC1CCC(C(=O)Nc2ccc(SCc3cccnc3)cc2)C1. The van der Waals surface area contributed by atoms with Crippen LogP contribution in [0, 0.1) is 5.92 Å². The fraction of sp³-hybridized carbons (Fsp3) is 0.333. The largest absolute Gasteiger partial charge is 0.328 e. The minimum absolute atomic E-state index is 0.0598. The first kappa shape index (κ1) is 16.0. The van der Waals surface area contributed by atoms with E-state index in [2.05, 4.69) is 16.4 Å². The fourth-order valence-corrected chi connectivity index (χ4v) is 3.62. The number of rotatable bonds is 5. The molecule has 1 fully saturated rings. The van der Waals surface area contributed by atoms with E-state index in [1.54, 1.807) is 18.0 Å². The summed E-state index contributed by atoms with van der Waals surface area (Å²) >= 11 is 1.76. The van der Waals surface area contributed by atoms with E-state index >= 15 is 0 Å². The maximum absolute atomic E-state index is 12.2. The smallest absolute Gasteiger partial charge is 0.227 e. The van der Waals surface area contributed by atoms with Crippen molar-refractivity contribution in [2.24, 2.45) is 11.7 Å². The van der Waals surface area contributed by atoms with Gasteiger partial charge in [-0.2, -0.15) is 0 Å². The molecule has 23 heavy (non-hydrogen) atoms. The van der Waals surface area contributed by atoms with Gasteiger partial charge in [-0.3, -0.25) is 9.78 Å². The van der Waals surface area contributed by atoms with Crippen molar-refractivity contribution in [3.05, 3.63) is 54.4 Å². The average molecular weight is 327 g/mol. The van der Waals surface area contributed by atoms with Crippen LogP contribution in [-0.2, 0) is 10.5 Å². The van der Waals surface area contributed by atoms with E-state index in [4.69, 9.17) is 5.73 Å². The number of carbonyl (C=O) groups is 1. The minimum atomic E-state index is 0.0598. The van der Waals surface area contributed by atoms with Gasteiger partial charge < -0.3 is 11.1 Å². The molecule has 1 amide bonds. The number of nitrogens with one attached hydrogen (secondary N) is 1. The lowest BCUT2D eigenvalue weighted by molar-refractivity contribution is -0.119. The molecule has 1 heterocycles. The quantitative estimate of drug-likeness (QED) is 0.826. The van der Waals surface area contributed by atoms with Gasteiger partial charge in [0.05, 0.1) is 0 Å². The zero-order chi connectivity index (χ0) is 16.1. The van der Waals surface area contributed by atoms with Crippen molar-refractivity contribution in [2.75, 3.05) is 5.32 Å². The molecule has 1 aliphatic carbocycles. The van der Waals surface area contributed by atoms with E-state index in [-0.39, 0.29) is 17.9 Å². The maximum atomic E-state index is 12.2.